The Balaban J connectivity index is 1.73. The highest BCUT2D eigenvalue weighted by atomic mass is 32.1. The molecule has 8 heteroatoms. The van der Waals surface area contributed by atoms with Crippen LogP contribution in [0.25, 0.3) is 11.0 Å². The van der Waals surface area contributed by atoms with E-state index in [2.05, 4.69) is 29.4 Å². The number of rotatable bonds is 5. The van der Waals surface area contributed by atoms with Crippen molar-refractivity contribution in [3.05, 3.63) is 96.4 Å². The second-order valence-corrected chi connectivity index (χ2v) is 8.30. The average molecular weight is 435 g/mol. The molecule has 7 nitrogen and oxygen atoms in total. The number of hydrogen-bond acceptors (Lipinski definition) is 5. The zero-order chi connectivity index (χ0) is 22.1. The molecule has 31 heavy (non-hydrogen) atoms. The molecule has 1 amide bonds. The van der Waals surface area contributed by atoms with E-state index in [0.29, 0.717) is 0 Å². The first-order valence-electron chi connectivity index (χ1n) is 9.89. The molecule has 4 aromatic rings. The van der Waals surface area contributed by atoms with Crippen molar-refractivity contribution in [2.24, 2.45) is 14.1 Å². The Morgan fingerprint density at radius 1 is 1.13 bits per heavy atom. The summed E-state index contributed by atoms with van der Waals surface area (Å²) in [7, 11) is 2.95. The first-order chi connectivity index (χ1) is 14.9. The lowest BCUT2D eigenvalue weighted by Gasteiger charge is -2.19. The van der Waals surface area contributed by atoms with Gasteiger partial charge in [0.2, 0.25) is 0 Å². The summed E-state index contributed by atoms with van der Waals surface area (Å²) in [5.74, 6) is -0.344. The van der Waals surface area contributed by atoms with Gasteiger partial charge in [-0.2, -0.15) is 0 Å². The van der Waals surface area contributed by atoms with Gasteiger partial charge >= 0.3 is 5.69 Å². The molecule has 1 aromatic carbocycles. The molecule has 4 rings (SSSR count). The SMILES string of the molecule is CCc1ccc(C(NC(=O)c2cnc3c(c2)c(=O)n(C)c(=O)n3C)c2cccs2)cc1. The molecule has 0 fully saturated rings. The van der Waals surface area contributed by atoms with Gasteiger partial charge in [0.15, 0.2) is 0 Å². The van der Waals surface area contributed by atoms with Gasteiger partial charge in [-0.1, -0.05) is 37.3 Å². The smallest absolute Gasteiger partial charge is 0.332 e. The van der Waals surface area contributed by atoms with Gasteiger partial charge in [-0.3, -0.25) is 18.7 Å². The third-order valence-electron chi connectivity index (χ3n) is 5.38. The normalized spacial score (nSPS) is 12.1. The number of fused-ring (bicyclic) bond motifs is 1. The van der Waals surface area contributed by atoms with Crippen LogP contribution in [0.3, 0.4) is 0 Å². The number of thiophene rings is 1. The summed E-state index contributed by atoms with van der Waals surface area (Å²) in [5.41, 5.74) is 1.76. The fourth-order valence-corrected chi connectivity index (χ4v) is 4.33. The van der Waals surface area contributed by atoms with E-state index in [1.807, 2.05) is 29.6 Å². The standard InChI is InChI=1S/C23H22N4O3S/c1-4-14-7-9-15(10-8-14)19(18-6-5-11-31-18)25-21(28)16-12-17-20(24-13-16)26(2)23(30)27(3)22(17)29/h5-13,19H,4H2,1-3H3,(H,25,28). The lowest BCUT2D eigenvalue weighted by Crippen LogP contribution is -2.37. The number of aryl methyl sites for hydroxylation is 2. The number of pyridine rings is 1. The van der Waals surface area contributed by atoms with Gasteiger partial charge in [0.05, 0.1) is 17.0 Å². The van der Waals surface area contributed by atoms with Crippen molar-refractivity contribution < 1.29 is 4.79 Å². The van der Waals surface area contributed by atoms with Crippen LogP contribution in [0.2, 0.25) is 0 Å². The fourth-order valence-electron chi connectivity index (χ4n) is 3.52. The van der Waals surface area contributed by atoms with Crippen molar-refractivity contribution in [3.8, 4) is 0 Å². The highest BCUT2D eigenvalue weighted by Gasteiger charge is 2.20. The molecule has 0 spiro atoms. The fraction of sp³-hybridized carbons (Fsp3) is 0.217. The summed E-state index contributed by atoms with van der Waals surface area (Å²) < 4.78 is 2.30. The van der Waals surface area contributed by atoms with Gasteiger partial charge in [-0.15, -0.1) is 11.3 Å². The average Bonchev–Trinajstić information content (AvgIpc) is 3.34. The Hall–Kier alpha value is -3.52. The van der Waals surface area contributed by atoms with Gasteiger partial charge < -0.3 is 5.32 Å². The summed E-state index contributed by atoms with van der Waals surface area (Å²) >= 11 is 1.56. The van der Waals surface area contributed by atoms with Crippen LogP contribution in [0, 0.1) is 0 Å². The van der Waals surface area contributed by atoms with Gasteiger partial charge in [0.25, 0.3) is 11.5 Å². The Morgan fingerprint density at radius 3 is 2.52 bits per heavy atom. The van der Waals surface area contributed by atoms with E-state index in [1.54, 1.807) is 18.4 Å². The zero-order valence-corrected chi connectivity index (χ0v) is 18.3. The van der Waals surface area contributed by atoms with Crippen LogP contribution in [0.15, 0.2) is 63.6 Å². The molecule has 1 unspecified atom stereocenters. The maximum atomic E-state index is 13.1. The van der Waals surface area contributed by atoms with E-state index in [1.165, 1.54) is 29.4 Å². The van der Waals surface area contributed by atoms with E-state index in [9.17, 15) is 14.4 Å². The van der Waals surface area contributed by atoms with Crippen LogP contribution in [0.4, 0.5) is 0 Å². The predicted molar refractivity (Wildman–Crippen MR) is 122 cm³/mol. The number of nitrogens with one attached hydrogen (secondary N) is 1. The molecule has 1 N–H and O–H groups in total. The van der Waals surface area contributed by atoms with Crippen molar-refractivity contribution in [2.45, 2.75) is 19.4 Å². The Labute approximate surface area is 182 Å². The maximum absolute atomic E-state index is 13.1. The third kappa shape index (κ3) is 3.82. The summed E-state index contributed by atoms with van der Waals surface area (Å²) in [6.07, 6.45) is 2.33. The van der Waals surface area contributed by atoms with Crippen molar-refractivity contribution in [2.75, 3.05) is 0 Å². The number of nitrogens with zero attached hydrogens (tertiary/aromatic N) is 3. The third-order valence-corrected chi connectivity index (χ3v) is 6.32. The number of hydrogen-bond donors (Lipinski definition) is 1. The van der Waals surface area contributed by atoms with Gasteiger partial charge in [-0.05, 0) is 35.1 Å². The minimum atomic E-state index is -0.481. The molecule has 0 aliphatic rings. The Morgan fingerprint density at radius 2 is 1.87 bits per heavy atom. The van der Waals surface area contributed by atoms with E-state index in [-0.39, 0.29) is 28.5 Å². The first-order valence-corrected chi connectivity index (χ1v) is 10.8. The molecular weight excluding hydrogens is 412 g/mol. The van der Waals surface area contributed by atoms with Gasteiger partial charge in [-0.25, -0.2) is 9.78 Å². The molecule has 3 heterocycles. The predicted octanol–water partition coefficient (Wildman–Crippen LogP) is 2.78. The number of carbonyl (C=O) groups excluding carboxylic acids is 1. The molecule has 0 aliphatic carbocycles. The number of carbonyl (C=O) groups is 1. The number of aromatic nitrogens is 3. The lowest BCUT2D eigenvalue weighted by atomic mass is 10.0. The second-order valence-electron chi connectivity index (χ2n) is 7.32. The zero-order valence-electron chi connectivity index (χ0n) is 17.5. The highest BCUT2D eigenvalue weighted by Crippen LogP contribution is 2.27. The summed E-state index contributed by atoms with van der Waals surface area (Å²) in [6.45, 7) is 2.10. The molecule has 1 atom stereocenters. The molecule has 0 saturated heterocycles. The van der Waals surface area contributed by atoms with Gasteiger partial charge in [0, 0.05) is 25.2 Å². The van der Waals surface area contributed by atoms with Crippen LogP contribution < -0.4 is 16.6 Å². The number of amides is 1. The monoisotopic (exact) mass is 434 g/mol. The Kier molecular flexibility index (Phi) is 5.56. The first kappa shape index (κ1) is 20.7. The minimum Gasteiger partial charge on any atom is -0.340 e. The topological polar surface area (TPSA) is 86.0 Å². The quantitative estimate of drug-likeness (QED) is 0.523. The van der Waals surface area contributed by atoms with Crippen LogP contribution >= 0.6 is 11.3 Å². The van der Waals surface area contributed by atoms with Crippen molar-refractivity contribution in [3.63, 3.8) is 0 Å². The van der Waals surface area contributed by atoms with Crippen molar-refractivity contribution in [1.29, 1.82) is 0 Å². The highest BCUT2D eigenvalue weighted by molar-refractivity contribution is 7.10. The number of benzene rings is 1. The molecule has 0 bridgehead atoms. The Bertz CT molecular complexity index is 1370. The molecule has 0 saturated carbocycles. The van der Waals surface area contributed by atoms with Crippen molar-refractivity contribution in [1.82, 2.24) is 19.4 Å². The van der Waals surface area contributed by atoms with Crippen LogP contribution in [0.5, 0.6) is 0 Å². The maximum Gasteiger partial charge on any atom is 0.332 e. The molecule has 0 radical (unpaired) electrons. The molecule has 3 aromatic heterocycles. The molecule has 0 aliphatic heterocycles. The molecule has 158 valence electrons. The summed E-state index contributed by atoms with van der Waals surface area (Å²) in [6, 6.07) is 13.3. The van der Waals surface area contributed by atoms with Crippen molar-refractivity contribution >= 4 is 28.3 Å². The lowest BCUT2D eigenvalue weighted by molar-refractivity contribution is 0.0943. The van der Waals surface area contributed by atoms with Crippen LogP contribution in [0.1, 0.15) is 39.3 Å². The molecular formula is C23H22N4O3S. The van der Waals surface area contributed by atoms with E-state index < -0.39 is 11.2 Å². The van der Waals surface area contributed by atoms with E-state index >= 15 is 0 Å². The van der Waals surface area contributed by atoms with Gasteiger partial charge in [0.1, 0.15) is 5.65 Å². The van der Waals surface area contributed by atoms with E-state index in [4.69, 9.17) is 0 Å². The summed E-state index contributed by atoms with van der Waals surface area (Å²) in [5, 5.41) is 5.26. The van der Waals surface area contributed by atoms with Crippen LogP contribution in [-0.2, 0) is 20.5 Å². The van der Waals surface area contributed by atoms with Crippen LogP contribution in [-0.4, -0.2) is 20.0 Å². The largest absolute Gasteiger partial charge is 0.340 e. The van der Waals surface area contributed by atoms with E-state index in [0.717, 1.165) is 21.4 Å². The second kappa shape index (κ2) is 8.31. The minimum absolute atomic E-state index is 0.220. The summed E-state index contributed by atoms with van der Waals surface area (Å²) in [4.78, 5) is 43.0.